The molecule has 2 aromatic rings. The first-order valence-electron chi connectivity index (χ1n) is 7.10. The molecular formula is C17H15NO2. The van der Waals surface area contributed by atoms with Crippen LogP contribution in [0.15, 0.2) is 36.4 Å². The Bertz CT molecular complexity index is 735. The Morgan fingerprint density at radius 2 is 1.90 bits per heavy atom. The van der Waals surface area contributed by atoms with Gasteiger partial charge in [0.25, 0.3) is 0 Å². The average Bonchev–Trinajstić information content (AvgIpc) is 3.02. The Labute approximate surface area is 117 Å². The van der Waals surface area contributed by atoms with Crippen LogP contribution in [0.25, 0.3) is 10.8 Å². The molecule has 0 aromatic heterocycles. The standard InChI is InChI=1S/C17H15NO2/c19-15-10-14(18-9-3-6-16(18)20)13-8-7-11-4-1-2-5-12(11)17(13)15/h1-2,4-5,7-8,14H,3,6,9-10H2. The third-order valence-corrected chi connectivity index (χ3v) is 4.46. The Morgan fingerprint density at radius 1 is 1.05 bits per heavy atom. The lowest BCUT2D eigenvalue weighted by Gasteiger charge is -2.24. The van der Waals surface area contributed by atoms with Crippen molar-refractivity contribution in [2.24, 2.45) is 0 Å². The summed E-state index contributed by atoms with van der Waals surface area (Å²) in [7, 11) is 0. The van der Waals surface area contributed by atoms with Gasteiger partial charge in [-0.05, 0) is 22.8 Å². The fraction of sp³-hybridized carbons (Fsp3) is 0.294. The maximum Gasteiger partial charge on any atom is 0.223 e. The molecule has 4 rings (SSSR count). The largest absolute Gasteiger partial charge is 0.335 e. The molecule has 1 fully saturated rings. The quantitative estimate of drug-likeness (QED) is 0.794. The van der Waals surface area contributed by atoms with E-state index in [1.54, 1.807) is 0 Å². The van der Waals surface area contributed by atoms with Gasteiger partial charge in [0.2, 0.25) is 5.91 Å². The maximum absolute atomic E-state index is 12.4. The van der Waals surface area contributed by atoms with Gasteiger partial charge in [0.1, 0.15) is 0 Å². The molecule has 0 radical (unpaired) electrons. The van der Waals surface area contributed by atoms with Gasteiger partial charge in [0.15, 0.2) is 5.78 Å². The molecule has 1 saturated heterocycles. The van der Waals surface area contributed by atoms with Gasteiger partial charge in [-0.1, -0.05) is 36.4 Å². The van der Waals surface area contributed by atoms with Crippen molar-refractivity contribution in [2.75, 3.05) is 6.54 Å². The van der Waals surface area contributed by atoms with Gasteiger partial charge in [-0.2, -0.15) is 0 Å². The predicted octanol–water partition coefficient (Wildman–Crippen LogP) is 3.09. The summed E-state index contributed by atoms with van der Waals surface area (Å²) < 4.78 is 0. The van der Waals surface area contributed by atoms with Crippen LogP contribution in [0.2, 0.25) is 0 Å². The molecule has 100 valence electrons. The van der Waals surface area contributed by atoms with Crippen molar-refractivity contribution in [3.8, 4) is 0 Å². The van der Waals surface area contributed by atoms with Crippen LogP contribution in [0.1, 0.15) is 41.2 Å². The lowest BCUT2D eigenvalue weighted by molar-refractivity contribution is -0.129. The zero-order valence-electron chi connectivity index (χ0n) is 11.1. The van der Waals surface area contributed by atoms with Crippen molar-refractivity contribution in [3.05, 3.63) is 47.5 Å². The normalized spacial score (nSPS) is 21.8. The number of Topliss-reactive ketones (excluding diaryl/α,β-unsaturated/α-hetero) is 1. The highest BCUT2D eigenvalue weighted by Crippen LogP contribution is 2.40. The topological polar surface area (TPSA) is 37.4 Å². The molecule has 0 spiro atoms. The zero-order chi connectivity index (χ0) is 13.7. The van der Waals surface area contributed by atoms with E-state index in [1.165, 1.54) is 0 Å². The lowest BCUT2D eigenvalue weighted by atomic mass is 9.99. The molecule has 0 N–H and O–H groups in total. The maximum atomic E-state index is 12.4. The molecule has 1 atom stereocenters. The Kier molecular flexibility index (Phi) is 2.43. The first-order chi connectivity index (χ1) is 9.75. The Morgan fingerprint density at radius 3 is 2.70 bits per heavy atom. The van der Waals surface area contributed by atoms with Gasteiger partial charge in [-0.15, -0.1) is 0 Å². The number of rotatable bonds is 1. The monoisotopic (exact) mass is 265 g/mol. The highest BCUT2D eigenvalue weighted by molar-refractivity contribution is 6.12. The molecule has 2 aliphatic rings. The van der Waals surface area contributed by atoms with Crippen LogP contribution in [-0.2, 0) is 4.79 Å². The van der Waals surface area contributed by atoms with Gasteiger partial charge < -0.3 is 4.90 Å². The molecule has 20 heavy (non-hydrogen) atoms. The molecule has 1 amide bonds. The van der Waals surface area contributed by atoms with Crippen molar-refractivity contribution in [1.29, 1.82) is 0 Å². The number of benzene rings is 2. The van der Waals surface area contributed by atoms with Crippen LogP contribution in [0.3, 0.4) is 0 Å². The molecule has 3 nitrogen and oxygen atoms in total. The second-order valence-corrected chi connectivity index (χ2v) is 5.58. The number of nitrogens with zero attached hydrogens (tertiary/aromatic N) is 1. The number of fused-ring (bicyclic) bond motifs is 3. The third kappa shape index (κ3) is 1.52. The highest BCUT2D eigenvalue weighted by atomic mass is 16.2. The van der Waals surface area contributed by atoms with Gasteiger partial charge in [0.05, 0.1) is 6.04 Å². The number of carbonyl (C=O) groups excluding carboxylic acids is 2. The Balaban J connectivity index is 1.89. The molecule has 1 unspecified atom stereocenters. The van der Waals surface area contributed by atoms with E-state index in [-0.39, 0.29) is 17.7 Å². The molecule has 1 aliphatic carbocycles. The number of hydrogen-bond acceptors (Lipinski definition) is 2. The minimum atomic E-state index is -0.0443. The summed E-state index contributed by atoms with van der Waals surface area (Å²) in [5.74, 6) is 0.352. The second kappa shape index (κ2) is 4.17. The number of ketones is 1. The van der Waals surface area contributed by atoms with E-state index in [4.69, 9.17) is 0 Å². The van der Waals surface area contributed by atoms with Crippen molar-refractivity contribution in [3.63, 3.8) is 0 Å². The van der Waals surface area contributed by atoms with Crippen LogP contribution in [0.5, 0.6) is 0 Å². The number of hydrogen-bond donors (Lipinski definition) is 0. The summed E-state index contributed by atoms with van der Waals surface area (Å²) in [6.07, 6.45) is 1.97. The second-order valence-electron chi connectivity index (χ2n) is 5.58. The third-order valence-electron chi connectivity index (χ3n) is 4.46. The summed E-state index contributed by atoms with van der Waals surface area (Å²) in [5.41, 5.74) is 1.86. The molecule has 2 aromatic carbocycles. The van der Waals surface area contributed by atoms with Gasteiger partial charge >= 0.3 is 0 Å². The SMILES string of the molecule is O=C1CC(N2CCCC2=O)c2ccc3ccccc3c21. The van der Waals surface area contributed by atoms with Gasteiger partial charge in [-0.25, -0.2) is 0 Å². The lowest BCUT2D eigenvalue weighted by Crippen LogP contribution is -2.28. The molecular weight excluding hydrogens is 250 g/mol. The predicted molar refractivity (Wildman–Crippen MR) is 76.6 cm³/mol. The smallest absolute Gasteiger partial charge is 0.223 e. The van der Waals surface area contributed by atoms with Crippen LogP contribution < -0.4 is 0 Å². The molecule has 0 bridgehead atoms. The molecule has 0 saturated carbocycles. The average molecular weight is 265 g/mol. The Hall–Kier alpha value is -2.16. The van der Waals surface area contributed by atoms with E-state index in [9.17, 15) is 9.59 Å². The van der Waals surface area contributed by atoms with Crippen LogP contribution in [0, 0.1) is 0 Å². The molecule has 1 aliphatic heterocycles. The fourth-order valence-electron chi connectivity index (χ4n) is 3.54. The summed E-state index contributed by atoms with van der Waals surface area (Å²) >= 11 is 0. The highest BCUT2D eigenvalue weighted by Gasteiger charge is 2.38. The summed E-state index contributed by atoms with van der Waals surface area (Å²) in [6, 6.07) is 12.0. The van der Waals surface area contributed by atoms with Crippen molar-refractivity contribution in [1.82, 2.24) is 4.90 Å². The van der Waals surface area contributed by atoms with Gasteiger partial charge in [-0.3, -0.25) is 9.59 Å². The summed E-state index contributed by atoms with van der Waals surface area (Å²) in [5, 5.41) is 2.11. The molecule has 3 heteroatoms. The van der Waals surface area contributed by atoms with E-state index in [1.807, 2.05) is 35.2 Å². The van der Waals surface area contributed by atoms with E-state index in [0.29, 0.717) is 12.8 Å². The van der Waals surface area contributed by atoms with E-state index < -0.39 is 0 Å². The first kappa shape index (κ1) is 11.6. The van der Waals surface area contributed by atoms with Crippen LogP contribution in [0.4, 0.5) is 0 Å². The first-order valence-corrected chi connectivity index (χ1v) is 7.10. The van der Waals surface area contributed by atoms with E-state index >= 15 is 0 Å². The van der Waals surface area contributed by atoms with E-state index in [2.05, 4.69) is 6.07 Å². The van der Waals surface area contributed by atoms with Crippen molar-refractivity contribution in [2.45, 2.75) is 25.3 Å². The van der Waals surface area contributed by atoms with Gasteiger partial charge in [0, 0.05) is 24.9 Å². The minimum absolute atomic E-state index is 0.0443. The number of carbonyl (C=O) groups is 2. The van der Waals surface area contributed by atoms with E-state index in [0.717, 1.165) is 34.9 Å². The fourth-order valence-corrected chi connectivity index (χ4v) is 3.54. The minimum Gasteiger partial charge on any atom is -0.335 e. The zero-order valence-corrected chi connectivity index (χ0v) is 11.1. The number of amides is 1. The van der Waals surface area contributed by atoms with Crippen LogP contribution in [-0.4, -0.2) is 23.1 Å². The van der Waals surface area contributed by atoms with Crippen molar-refractivity contribution >= 4 is 22.5 Å². The van der Waals surface area contributed by atoms with Crippen molar-refractivity contribution < 1.29 is 9.59 Å². The number of likely N-dealkylation sites (tertiary alicyclic amines) is 1. The molecule has 1 heterocycles. The summed E-state index contributed by atoms with van der Waals surface area (Å²) in [4.78, 5) is 26.3. The summed E-state index contributed by atoms with van der Waals surface area (Å²) in [6.45, 7) is 0.781. The van der Waals surface area contributed by atoms with Crippen LogP contribution >= 0.6 is 0 Å².